The molecule has 0 saturated carbocycles. The van der Waals surface area contributed by atoms with Crippen LogP contribution in [0, 0.1) is 0 Å². The van der Waals surface area contributed by atoms with Crippen molar-refractivity contribution < 1.29 is 0 Å². The van der Waals surface area contributed by atoms with Crippen LogP contribution in [0.15, 0.2) is 24.3 Å². The Kier molecular flexibility index (Phi) is 2.73. The van der Waals surface area contributed by atoms with Crippen molar-refractivity contribution in [2.75, 3.05) is 11.9 Å². The monoisotopic (exact) mass is 190 g/mol. The highest BCUT2D eigenvalue weighted by atomic mass is 14.9. The molecular weight excluding hydrogens is 172 g/mol. The lowest BCUT2D eigenvalue weighted by Gasteiger charge is -2.11. The van der Waals surface area contributed by atoms with E-state index in [0.717, 1.165) is 13.0 Å². The zero-order chi connectivity index (χ0) is 9.97. The quantitative estimate of drug-likeness (QED) is 0.767. The Balaban J connectivity index is 2.03. The SMILES string of the molecule is CC(N)CCC1CNc2ccccc21. The summed E-state index contributed by atoms with van der Waals surface area (Å²) in [4.78, 5) is 0. The molecule has 0 bridgehead atoms. The molecule has 2 nitrogen and oxygen atoms in total. The van der Waals surface area contributed by atoms with E-state index in [0.29, 0.717) is 12.0 Å². The van der Waals surface area contributed by atoms with E-state index in [2.05, 4.69) is 36.5 Å². The Morgan fingerprint density at radius 1 is 1.50 bits per heavy atom. The largest absolute Gasteiger partial charge is 0.384 e. The molecule has 2 heteroatoms. The first-order valence-corrected chi connectivity index (χ1v) is 5.36. The van der Waals surface area contributed by atoms with Crippen LogP contribution in [0.5, 0.6) is 0 Å². The van der Waals surface area contributed by atoms with Crippen molar-refractivity contribution in [1.82, 2.24) is 0 Å². The Bertz CT molecular complexity index is 307. The molecule has 0 aliphatic carbocycles. The first-order chi connectivity index (χ1) is 6.77. The van der Waals surface area contributed by atoms with E-state index in [9.17, 15) is 0 Å². The van der Waals surface area contributed by atoms with Crippen LogP contribution >= 0.6 is 0 Å². The summed E-state index contributed by atoms with van der Waals surface area (Å²) >= 11 is 0. The van der Waals surface area contributed by atoms with E-state index >= 15 is 0 Å². The predicted octanol–water partition coefficient (Wildman–Crippen LogP) is 2.32. The van der Waals surface area contributed by atoms with Gasteiger partial charge in [0.2, 0.25) is 0 Å². The van der Waals surface area contributed by atoms with Crippen LogP contribution in [0.4, 0.5) is 5.69 Å². The van der Waals surface area contributed by atoms with Gasteiger partial charge in [-0.05, 0) is 31.4 Å². The standard InChI is InChI=1S/C12H18N2/c1-9(13)6-7-10-8-14-12-5-3-2-4-11(10)12/h2-5,9-10,14H,6-8,13H2,1H3. The summed E-state index contributed by atoms with van der Waals surface area (Å²) in [6, 6.07) is 8.90. The number of anilines is 1. The van der Waals surface area contributed by atoms with Crippen LogP contribution in [-0.2, 0) is 0 Å². The third kappa shape index (κ3) is 1.90. The molecule has 1 aromatic rings. The molecular formula is C12H18N2. The average molecular weight is 190 g/mol. The summed E-state index contributed by atoms with van der Waals surface area (Å²) in [7, 11) is 0. The molecule has 0 aromatic heterocycles. The molecule has 2 rings (SSSR count). The number of hydrogen-bond donors (Lipinski definition) is 2. The molecule has 1 aliphatic heterocycles. The van der Waals surface area contributed by atoms with Crippen molar-refractivity contribution in [3.63, 3.8) is 0 Å². The molecule has 1 aliphatic rings. The van der Waals surface area contributed by atoms with Crippen LogP contribution in [0.1, 0.15) is 31.2 Å². The van der Waals surface area contributed by atoms with Crippen molar-refractivity contribution in [2.45, 2.75) is 31.7 Å². The summed E-state index contributed by atoms with van der Waals surface area (Å²) in [5.41, 5.74) is 8.54. The van der Waals surface area contributed by atoms with E-state index in [4.69, 9.17) is 5.73 Å². The fourth-order valence-corrected chi connectivity index (χ4v) is 2.08. The molecule has 0 saturated heterocycles. The molecule has 14 heavy (non-hydrogen) atoms. The fourth-order valence-electron chi connectivity index (χ4n) is 2.08. The van der Waals surface area contributed by atoms with Crippen LogP contribution in [-0.4, -0.2) is 12.6 Å². The number of nitrogens with one attached hydrogen (secondary N) is 1. The van der Waals surface area contributed by atoms with Gasteiger partial charge in [0, 0.05) is 24.2 Å². The Hall–Kier alpha value is -1.02. The minimum absolute atomic E-state index is 0.322. The van der Waals surface area contributed by atoms with Gasteiger partial charge in [-0.2, -0.15) is 0 Å². The second kappa shape index (κ2) is 4.01. The zero-order valence-electron chi connectivity index (χ0n) is 8.66. The van der Waals surface area contributed by atoms with E-state index in [1.165, 1.54) is 17.7 Å². The summed E-state index contributed by atoms with van der Waals surface area (Å²) in [5.74, 6) is 0.664. The van der Waals surface area contributed by atoms with Crippen molar-refractivity contribution >= 4 is 5.69 Å². The average Bonchev–Trinajstić information content (AvgIpc) is 2.58. The molecule has 2 atom stereocenters. The molecule has 0 fully saturated rings. The lowest BCUT2D eigenvalue weighted by molar-refractivity contribution is 0.567. The molecule has 3 N–H and O–H groups in total. The zero-order valence-corrected chi connectivity index (χ0v) is 8.66. The Morgan fingerprint density at radius 3 is 3.07 bits per heavy atom. The normalized spacial score (nSPS) is 21.4. The van der Waals surface area contributed by atoms with E-state index < -0.39 is 0 Å². The van der Waals surface area contributed by atoms with E-state index in [-0.39, 0.29) is 0 Å². The van der Waals surface area contributed by atoms with Gasteiger partial charge in [-0.1, -0.05) is 18.2 Å². The molecule has 0 radical (unpaired) electrons. The first-order valence-electron chi connectivity index (χ1n) is 5.36. The number of fused-ring (bicyclic) bond motifs is 1. The maximum absolute atomic E-state index is 5.77. The second-order valence-electron chi connectivity index (χ2n) is 4.22. The lowest BCUT2D eigenvalue weighted by Crippen LogP contribution is -2.16. The Morgan fingerprint density at radius 2 is 2.29 bits per heavy atom. The van der Waals surface area contributed by atoms with Gasteiger partial charge in [0.05, 0.1) is 0 Å². The number of para-hydroxylation sites is 1. The summed E-state index contributed by atoms with van der Waals surface area (Å²) < 4.78 is 0. The third-order valence-corrected chi connectivity index (χ3v) is 2.91. The fraction of sp³-hybridized carbons (Fsp3) is 0.500. The third-order valence-electron chi connectivity index (χ3n) is 2.91. The molecule has 0 amide bonds. The highest BCUT2D eigenvalue weighted by Gasteiger charge is 2.20. The number of nitrogens with two attached hydrogens (primary N) is 1. The van der Waals surface area contributed by atoms with Gasteiger partial charge in [0.1, 0.15) is 0 Å². The van der Waals surface area contributed by atoms with Gasteiger partial charge < -0.3 is 11.1 Å². The maximum atomic E-state index is 5.77. The molecule has 76 valence electrons. The van der Waals surface area contributed by atoms with Crippen molar-refractivity contribution in [3.05, 3.63) is 29.8 Å². The van der Waals surface area contributed by atoms with Crippen molar-refractivity contribution in [3.8, 4) is 0 Å². The molecule has 0 spiro atoms. The van der Waals surface area contributed by atoms with Gasteiger partial charge in [0.25, 0.3) is 0 Å². The number of rotatable bonds is 3. The van der Waals surface area contributed by atoms with E-state index in [1.807, 2.05) is 0 Å². The van der Waals surface area contributed by atoms with Crippen molar-refractivity contribution in [2.24, 2.45) is 5.73 Å². The summed E-state index contributed by atoms with van der Waals surface area (Å²) in [5, 5.41) is 3.43. The summed E-state index contributed by atoms with van der Waals surface area (Å²) in [6.07, 6.45) is 2.31. The maximum Gasteiger partial charge on any atom is 0.0376 e. The van der Waals surface area contributed by atoms with Crippen LogP contribution in [0.3, 0.4) is 0 Å². The van der Waals surface area contributed by atoms with Gasteiger partial charge in [-0.25, -0.2) is 0 Å². The van der Waals surface area contributed by atoms with Crippen LogP contribution in [0.2, 0.25) is 0 Å². The van der Waals surface area contributed by atoms with Gasteiger partial charge in [0.15, 0.2) is 0 Å². The topological polar surface area (TPSA) is 38.0 Å². The minimum Gasteiger partial charge on any atom is -0.384 e. The van der Waals surface area contributed by atoms with Gasteiger partial charge >= 0.3 is 0 Å². The van der Waals surface area contributed by atoms with E-state index in [1.54, 1.807) is 0 Å². The summed E-state index contributed by atoms with van der Waals surface area (Å²) in [6.45, 7) is 3.15. The molecule has 1 heterocycles. The minimum atomic E-state index is 0.322. The second-order valence-corrected chi connectivity index (χ2v) is 4.22. The number of benzene rings is 1. The highest BCUT2D eigenvalue weighted by Crippen LogP contribution is 2.33. The Labute approximate surface area is 85.5 Å². The smallest absolute Gasteiger partial charge is 0.0376 e. The highest BCUT2D eigenvalue weighted by molar-refractivity contribution is 5.57. The van der Waals surface area contributed by atoms with Crippen molar-refractivity contribution in [1.29, 1.82) is 0 Å². The first kappa shape index (κ1) is 9.53. The predicted molar refractivity (Wildman–Crippen MR) is 60.6 cm³/mol. The van der Waals surface area contributed by atoms with Crippen LogP contribution < -0.4 is 11.1 Å². The molecule has 1 aromatic carbocycles. The van der Waals surface area contributed by atoms with Gasteiger partial charge in [-0.15, -0.1) is 0 Å². The number of hydrogen-bond acceptors (Lipinski definition) is 2. The molecule has 2 unspecified atom stereocenters. The van der Waals surface area contributed by atoms with Crippen LogP contribution in [0.25, 0.3) is 0 Å². The lowest BCUT2D eigenvalue weighted by atomic mass is 9.95. The van der Waals surface area contributed by atoms with Gasteiger partial charge in [-0.3, -0.25) is 0 Å².